The largest absolute Gasteiger partial charge is 0.493 e. The van der Waals surface area contributed by atoms with Crippen LogP contribution in [-0.4, -0.2) is 100 Å². The maximum Gasteiger partial charge on any atom is 0.410 e. The number of piperazine rings is 1. The average Bonchev–Trinajstić information content (AvgIpc) is 3.02. The van der Waals surface area contributed by atoms with Crippen LogP contribution in [0.15, 0.2) is 33.5 Å². The Kier molecular flexibility index (Phi) is 10.5. The number of rotatable bonds is 9. The molecule has 1 amide bonds. The Hall–Kier alpha value is -3.97. The molecule has 244 valence electrons. The van der Waals surface area contributed by atoms with Crippen molar-refractivity contribution >= 4 is 38.8 Å². The van der Waals surface area contributed by atoms with Crippen LogP contribution in [0.4, 0.5) is 4.79 Å². The van der Waals surface area contributed by atoms with Gasteiger partial charge in [0, 0.05) is 50.2 Å². The zero-order chi connectivity index (χ0) is 33.1. The lowest BCUT2D eigenvalue weighted by molar-refractivity contribution is 0.0142. The van der Waals surface area contributed by atoms with Crippen LogP contribution in [-0.2, 0) is 16.0 Å². The molecule has 12 nitrogen and oxygen atoms in total. The number of hydrogen-bond donors (Lipinski definition) is 0. The summed E-state index contributed by atoms with van der Waals surface area (Å²) in [5.74, 6) is 0.980. The molecule has 4 rings (SSSR count). The van der Waals surface area contributed by atoms with Crippen LogP contribution in [0.5, 0.6) is 23.0 Å². The third-order valence-electron chi connectivity index (χ3n) is 7.54. The minimum atomic E-state index is -0.681. The molecule has 45 heavy (non-hydrogen) atoms. The van der Waals surface area contributed by atoms with Crippen molar-refractivity contribution in [2.45, 2.75) is 32.9 Å². The second kappa shape index (κ2) is 14.0. The van der Waals surface area contributed by atoms with E-state index in [1.807, 2.05) is 20.8 Å². The molecule has 0 saturated carbocycles. The number of halogens is 1. The van der Waals surface area contributed by atoms with Crippen LogP contribution in [0.3, 0.4) is 0 Å². The first-order chi connectivity index (χ1) is 21.4. The van der Waals surface area contributed by atoms with E-state index in [9.17, 15) is 14.4 Å². The van der Waals surface area contributed by atoms with Gasteiger partial charge in [-0.05, 0) is 66.5 Å². The minimum Gasteiger partial charge on any atom is -0.493 e. The smallest absolute Gasteiger partial charge is 0.410 e. The first kappa shape index (κ1) is 33.9. The Balaban J connectivity index is 1.84. The van der Waals surface area contributed by atoms with E-state index < -0.39 is 11.6 Å². The third-order valence-corrected chi connectivity index (χ3v) is 8.13. The summed E-state index contributed by atoms with van der Waals surface area (Å²) < 4.78 is 35.0. The van der Waals surface area contributed by atoms with Crippen LogP contribution in [0.2, 0.25) is 0 Å². The van der Waals surface area contributed by atoms with Gasteiger partial charge in [-0.25, -0.2) is 9.59 Å². The number of methoxy groups -OCH3 is 5. The lowest BCUT2D eigenvalue weighted by Gasteiger charge is -2.35. The van der Waals surface area contributed by atoms with Crippen molar-refractivity contribution in [3.05, 3.63) is 44.8 Å². The zero-order valence-electron chi connectivity index (χ0n) is 26.9. The summed E-state index contributed by atoms with van der Waals surface area (Å²) in [4.78, 5) is 44.1. The fraction of sp³-hybridized carbons (Fsp3) is 0.469. The first-order valence-electron chi connectivity index (χ1n) is 14.4. The predicted molar refractivity (Wildman–Crippen MR) is 173 cm³/mol. The molecule has 0 aliphatic carbocycles. The molecule has 1 saturated heterocycles. The Morgan fingerprint density at radius 1 is 0.800 bits per heavy atom. The van der Waals surface area contributed by atoms with Crippen LogP contribution in [0.25, 0.3) is 21.9 Å². The molecular weight excluding hydrogens is 650 g/mol. The van der Waals surface area contributed by atoms with Crippen molar-refractivity contribution in [2.75, 3.05) is 68.3 Å². The molecule has 0 radical (unpaired) electrons. The van der Waals surface area contributed by atoms with Gasteiger partial charge < -0.3 is 37.9 Å². The number of carbonyl (C=O) groups excluding carboxylic acids is 2. The summed E-state index contributed by atoms with van der Waals surface area (Å²) in [6.07, 6.45) is -0.351. The molecule has 1 aromatic heterocycles. The summed E-state index contributed by atoms with van der Waals surface area (Å²) in [5.41, 5.74) is 0.144. The van der Waals surface area contributed by atoms with Crippen LogP contribution in [0.1, 0.15) is 31.3 Å². The number of ether oxygens (including phenoxy) is 6. The first-order valence-corrected chi connectivity index (χ1v) is 15.2. The molecule has 1 fully saturated rings. The Morgan fingerprint density at radius 2 is 1.40 bits per heavy atom. The van der Waals surface area contributed by atoms with Gasteiger partial charge in [-0.1, -0.05) is 0 Å². The van der Waals surface area contributed by atoms with E-state index in [1.165, 1.54) is 40.1 Å². The molecule has 1 aliphatic rings. The predicted octanol–water partition coefficient (Wildman–Crippen LogP) is 4.80. The van der Waals surface area contributed by atoms with Crippen molar-refractivity contribution < 1.29 is 38.0 Å². The number of hydrogen-bond acceptors (Lipinski definition) is 10. The highest BCUT2D eigenvalue weighted by Gasteiger charge is 2.29. The van der Waals surface area contributed by atoms with Crippen LogP contribution in [0, 0.1) is 0 Å². The number of benzene rings is 2. The van der Waals surface area contributed by atoms with E-state index in [-0.39, 0.29) is 23.9 Å². The highest BCUT2D eigenvalue weighted by atomic mass is 79.9. The Labute approximate surface area is 270 Å². The number of amides is 1. The average molecular weight is 691 g/mol. The van der Waals surface area contributed by atoms with Gasteiger partial charge in [0.1, 0.15) is 11.3 Å². The lowest BCUT2D eigenvalue weighted by atomic mass is 9.95. The number of carbonyl (C=O) groups is 2. The highest BCUT2D eigenvalue weighted by Crippen LogP contribution is 2.43. The monoisotopic (exact) mass is 689 g/mol. The van der Waals surface area contributed by atoms with Crippen molar-refractivity contribution in [1.82, 2.24) is 14.4 Å². The molecule has 0 unspecified atom stereocenters. The van der Waals surface area contributed by atoms with Gasteiger partial charge in [0.05, 0.1) is 45.4 Å². The summed E-state index contributed by atoms with van der Waals surface area (Å²) in [6.45, 7) is 8.25. The fourth-order valence-corrected chi connectivity index (χ4v) is 5.97. The van der Waals surface area contributed by atoms with Gasteiger partial charge in [-0.15, -0.1) is 0 Å². The van der Waals surface area contributed by atoms with Gasteiger partial charge in [0.25, 0.3) is 5.56 Å². The molecule has 1 aliphatic heterocycles. The second-order valence-corrected chi connectivity index (χ2v) is 12.3. The second-order valence-electron chi connectivity index (χ2n) is 11.4. The summed E-state index contributed by atoms with van der Waals surface area (Å²) >= 11 is 3.56. The number of aromatic nitrogens is 1. The molecule has 0 atom stereocenters. The minimum absolute atomic E-state index is 0.0775. The molecule has 0 spiro atoms. The zero-order valence-corrected chi connectivity index (χ0v) is 28.5. The number of esters is 1. The van der Waals surface area contributed by atoms with Gasteiger partial charge in [0.2, 0.25) is 0 Å². The SMILES string of the molecule is COC(=O)c1c(-c2cc(Br)c(OC)c(OC)c2)c2cc(OC)c(OC)cc2c(=O)n1CCN1CCN(C(=O)OC(C)(C)C)CC1. The fourth-order valence-electron chi connectivity index (χ4n) is 5.37. The molecule has 13 heteroatoms. The van der Waals surface area contributed by atoms with Gasteiger partial charge in [0.15, 0.2) is 23.0 Å². The third kappa shape index (κ3) is 7.14. The number of pyridine rings is 1. The molecule has 2 heterocycles. The van der Waals surface area contributed by atoms with E-state index in [4.69, 9.17) is 28.4 Å². The Bertz CT molecular complexity index is 1640. The van der Waals surface area contributed by atoms with E-state index in [0.717, 1.165) is 0 Å². The molecule has 0 N–H and O–H groups in total. The van der Waals surface area contributed by atoms with Crippen molar-refractivity contribution in [1.29, 1.82) is 0 Å². The standard InChI is InChI=1S/C32H40BrN3O9/c1-32(2,3)45-31(39)35-12-9-34(10-13-35)11-14-36-27(30(38)44-8)26(19-15-22(33)28(43-7)25(16-19)42-6)20-17-23(40-4)24(41-5)18-21(20)29(36)37/h15-18H,9-14H2,1-8H3. The number of fused-ring (bicyclic) bond motifs is 1. The maximum atomic E-state index is 14.2. The van der Waals surface area contributed by atoms with Gasteiger partial charge in [-0.2, -0.15) is 0 Å². The van der Waals surface area contributed by atoms with E-state index in [0.29, 0.717) is 82.1 Å². The topological polar surface area (TPSA) is 118 Å². The number of nitrogens with zero attached hydrogens (tertiary/aromatic N) is 3. The van der Waals surface area contributed by atoms with E-state index >= 15 is 0 Å². The van der Waals surface area contributed by atoms with Crippen LogP contribution >= 0.6 is 15.9 Å². The van der Waals surface area contributed by atoms with E-state index in [2.05, 4.69) is 20.8 Å². The van der Waals surface area contributed by atoms with Gasteiger partial charge >= 0.3 is 12.1 Å². The molecule has 3 aromatic rings. The quantitative estimate of drug-likeness (QED) is 0.290. The lowest BCUT2D eigenvalue weighted by Crippen LogP contribution is -2.50. The molecule has 0 bridgehead atoms. The van der Waals surface area contributed by atoms with Crippen molar-refractivity contribution in [2.24, 2.45) is 0 Å². The summed E-state index contributed by atoms with van der Waals surface area (Å²) in [5, 5.41) is 0.801. The van der Waals surface area contributed by atoms with E-state index in [1.54, 1.807) is 29.2 Å². The maximum absolute atomic E-state index is 14.2. The van der Waals surface area contributed by atoms with Crippen molar-refractivity contribution in [3.63, 3.8) is 0 Å². The van der Waals surface area contributed by atoms with Gasteiger partial charge in [-0.3, -0.25) is 9.69 Å². The normalized spacial score (nSPS) is 13.8. The van der Waals surface area contributed by atoms with Crippen molar-refractivity contribution in [3.8, 4) is 34.1 Å². The Morgan fingerprint density at radius 3 is 1.93 bits per heavy atom. The van der Waals surface area contributed by atoms with Crippen LogP contribution < -0.4 is 24.5 Å². The summed E-state index contributed by atoms with van der Waals surface area (Å²) in [6, 6.07) is 6.84. The summed E-state index contributed by atoms with van der Waals surface area (Å²) in [7, 11) is 7.32. The molecule has 2 aromatic carbocycles. The molecular formula is C32H40BrN3O9. The highest BCUT2D eigenvalue weighted by molar-refractivity contribution is 9.10.